The topological polar surface area (TPSA) is 103 Å². The van der Waals surface area contributed by atoms with E-state index in [9.17, 15) is 19.2 Å². The molecule has 46 heavy (non-hydrogen) atoms. The zero-order valence-electron chi connectivity index (χ0n) is 25.2. The van der Waals surface area contributed by atoms with Crippen LogP contribution in [-0.2, 0) is 22.6 Å². The summed E-state index contributed by atoms with van der Waals surface area (Å²) >= 11 is 9.44. The normalized spacial score (nSPS) is 16.0. The van der Waals surface area contributed by atoms with Crippen LogP contribution in [0.5, 0.6) is 0 Å². The Balaban J connectivity index is 1.17. The van der Waals surface area contributed by atoms with E-state index in [1.165, 1.54) is 0 Å². The van der Waals surface area contributed by atoms with Gasteiger partial charge in [-0.2, -0.15) is 0 Å². The number of piperazine rings is 1. The first kappa shape index (κ1) is 31.8. The molecule has 0 aliphatic carbocycles. The van der Waals surface area contributed by atoms with Crippen LogP contribution in [0.3, 0.4) is 0 Å². The summed E-state index contributed by atoms with van der Waals surface area (Å²) in [5, 5.41) is 3.76. The van der Waals surface area contributed by atoms with Gasteiger partial charge in [-0.3, -0.25) is 19.2 Å². The van der Waals surface area contributed by atoms with E-state index in [-0.39, 0.29) is 35.0 Å². The summed E-state index contributed by atoms with van der Waals surface area (Å²) in [4.78, 5) is 58.6. The maximum atomic E-state index is 14.0. The van der Waals surface area contributed by atoms with Crippen LogP contribution in [0, 0.1) is 0 Å². The van der Waals surface area contributed by atoms with E-state index in [4.69, 9.17) is 16.0 Å². The zero-order chi connectivity index (χ0) is 32.2. The fraction of sp³-hybridized carbons (Fsp3) is 0.314. The summed E-state index contributed by atoms with van der Waals surface area (Å²) in [5.41, 5.74) is 2.91. The van der Waals surface area contributed by atoms with E-state index in [0.717, 1.165) is 46.7 Å². The molecule has 0 bridgehead atoms. The molecule has 3 amide bonds. The van der Waals surface area contributed by atoms with E-state index in [0.29, 0.717) is 49.6 Å². The van der Waals surface area contributed by atoms with Crippen molar-refractivity contribution in [3.8, 4) is 0 Å². The number of fused-ring (bicyclic) bond motifs is 1. The number of benzene rings is 3. The third-order valence-electron chi connectivity index (χ3n) is 8.58. The van der Waals surface area contributed by atoms with Crippen molar-refractivity contribution in [1.82, 2.24) is 15.1 Å². The number of amides is 3. The standard InChI is InChI=1S/C35H34BrClN4O5/c36-25-10-13-31-27(20-25)30(42)21-32(46-31)34(44)38-28(19-23-8-11-26(37)12-9-23)35(45)40-17-15-39(16-18-40)29-6-2-1-5-24(29)22-41-14-4-3-7-33(41)43/h1-2,5-6,8-13,20-21,28H,3-4,7,14-19,22H2,(H,38,44)/t28-/m1/s1. The minimum Gasteiger partial charge on any atom is -0.451 e. The summed E-state index contributed by atoms with van der Waals surface area (Å²) in [7, 11) is 0. The quantitative estimate of drug-likeness (QED) is 0.263. The summed E-state index contributed by atoms with van der Waals surface area (Å²) in [6, 6.07) is 20.5. The number of hydrogen-bond acceptors (Lipinski definition) is 6. The molecule has 1 aromatic heterocycles. The van der Waals surface area contributed by atoms with Crippen molar-refractivity contribution in [2.45, 2.75) is 38.3 Å². The van der Waals surface area contributed by atoms with E-state index in [1.807, 2.05) is 29.2 Å². The average Bonchev–Trinajstić information content (AvgIpc) is 3.06. The maximum absolute atomic E-state index is 14.0. The number of rotatable bonds is 8. The Bertz CT molecular complexity index is 1820. The molecule has 11 heteroatoms. The lowest BCUT2D eigenvalue weighted by Crippen LogP contribution is -2.55. The second-order valence-corrected chi connectivity index (χ2v) is 13.0. The Morgan fingerprint density at radius 1 is 0.913 bits per heavy atom. The molecule has 1 atom stereocenters. The SMILES string of the molecule is O=C(N[C@H](Cc1ccc(Cl)cc1)C(=O)N1CCN(c2ccccc2CN2CCCCC2=O)CC1)c1cc(=O)c2cc(Br)ccc2o1. The predicted molar refractivity (Wildman–Crippen MR) is 181 cm³/mol. The van der Waals surface area contributed by atoms with Crippen LogP contribution in [0.4, 0.5) is 5.69 Å². The molecule has 0 unspecified atom stereocenters. The molecular formula is C35H34BrClN4O5. The van der Waals surface area contributed by atoms with Crippen LogP contribution in [0.1, 0.15) is 40.9 Å². The van der Waals surface area contributed by atoms with Crippen LogP contribution < -0.4 is 15.6 Å². The molecule has 0 saturated carbocycles. The molecule has 1 N–H and O–H groups in total. The summed E-state index contributed by atoms with van der Waals surface area (Å²) in [5.74, 6) is -0.833. The van der Waals surface area contributed by atoms with Crippen molar-refractivity contribution in [3.05, 3.63) is 109 Å². The molecule has 9 nitrogen and oxygen atoms in total. The molecular weight excluding hydrogens is 672 g/mol. The van der Waals surface area contributed by atoms with Gasteiger partial charge in [0.15, 0.2) is 11.2 Å². The Kier molecular flexibility index (Phi) is 9.75. The highest BCUT2D eigenvalue weighted by Crippen LogP contribution is 2.26. The van der Waals surface area contributed by atoms with Gasteiger partial charge >= 0.3 is 0 Å². The van der Waals surface area contributed by atoms with Crippen molar-refractivity contribution in [2.24, 2.45) is 0 Å². The Morgan fingerprint density at radius 2 is 1.67 bits per heavy atom. The second kappa shape index (κ2) is 14.1. The van der Waals surface area contributed by atoms with Gasteiger partial charge in [0, 0.05) is 73.4 Å². The number of likely N-dealkylation sites (tertiary alicyclic amines) is 1. The summed E-state index contributed by atoms with van der Waals surface area (Å²) < 4.78 is 6.50. The van der Waals surface area contributed by atoms with E-state index >= 15 is 0 Å². The van der Waals surface area contributed by atoms with Crippen LogP contribution in [0.25, 0.3) is 11.0 Å². The van der Waals surface area contributed by atoms with Gasteiger partial charge < -0.3 is 24.4 Å². The number of halogens is 2. The highest BCUT2D eigenvalue weighted by molar-refractivity contribution is 9.10. The Labute approximate surface area is 280 Å². The first-order valence-corrected chi connectivity index (χ1v) is 16.6. The first-order chi connectivity index (χ1) is 22.2. The maximum Gasteiger partial charge on any atom is 0.287 e. The number of carbonyl (C=O) groups is 3. The molecule has 0 radical (unpaired) electrons. The third kappa shape index (κ3) is 7.29. The molecule has 0 spiro atoms. The van der Waals surface area contributed by atoms with Crippen molar-refractivity contribution >= 4 is 61.9 Å². The number of piperidine rings is 1. The number of nitrogens with one attached hydrogen (secondary N) is 1. The zero-order valence-corrected chi connectivity index (χ0v) is 27.6. The first-order valence-electron chi connectivity index (χ1n) is 15.4. The van der Waals surface area contributed by atoms with E-state index < -0.39 is 11.9 Å². The number of anilines is 1. The smallest absolute Gasteiger partial charge is 0.287 e. The highest BCUT2D eigenvalue weighted by Gasteiger charge is 2.31. The van der Waals surface area contributed by atoms with Crippen LogP contribution in [0.15, 0.2) is 86.5 Å². The lowest BCUT2D eigenvalue weighted by molar-refractivity contribution is -0.134. The highest BCUT2D eigenvalue weighted by atomic mass is 79.9. The fourth-order valence-electron chi connectivity index (χ4n) is 6.10. The number of nitrogens with zero attached hydrogens (tertiary/aromatic N) is 3. The van der Waals surface area contributed by atoms with Crippen LogP contribution in [-0.4, -0.2) is 66.3 Å². The largest absolute Gasteiger partial charge is 0.451 e. The Hall–Kier alpha value is -4.15. The minimum atomic E-state index is -0.899. The van der Waals surface area contributed by atoms with Gasteiger partial charge in [0.2, 0.25) is 11.8 Å². The lowest BCUT2D eigenvalue weighted by atomic mass is 10.0. The van der Waals surface area contributed by atoms with E-state index in [2.05, 4.69) is 38.3 Å². The molecule has 3 aromatic carbocycles. The monoisotopic (exact) mass is 704 g/mol. The average molecular weight is 706 g/mol. The third-order valence-corrected chi connectivity index (χ3v) is 9.32. The molecule has 2 saturated heterocycles. The van der Waals surface area contributed by atoms with Crippen LogP contribution >= 0.6 is 27.5 Å². The molecule has 4 aromatic rings. The minimum absolute atomic E-state index is 0.164. The van der Waals surface area contributed by atoms with Gasteiger partial charge in [-0.1, -0.05) is 57.9 Å². The van der Waals surface area contributed by atoms with Gasteiger partial charge in [0.05, 0.1) is 5.39 Å². The van der Waals surface area contributed by atoms with Crippen molar-refractivity contribution < 1.29 is 18.8 Å². The summed E-state index contributed by atoms with van der Waals surface area (Å²) in [6.45, 7) is 3.48. The van der Waals surface area contributed by atoms with Crippen molar-refractivity contribution in [3.63, 3.8) is 0 Å². The fourth-order valence-corrected chi connectivity index (χ4v) is 6.59. The van der Waals surface area contributed by atoms with Gasteiger partial charge in [0.1, 0.15) is 11.6 Å². The predicted octanol–water partition coefficient (Wildman–Crippen LogP) is 5.41. The van der Waals surface area contributed by atoms with Gasteiger partial charge in [-0.25, -0.2) is 0 Å². The number of para-hydroxylation sites is 1. The van der Waals surface area contributed by atoms with Gasteiger partial charge in [-0.05, 0) is 60.4 Å². The van der Waals surface area contributed by atoms with E-state index in [1.54, 1.807) is 35.2 Å². The van der Waals surface area contributed by atoms with Crippen LogP contribution in [0.2, 0.25) is 5.02 Å². The Morgan fingerprint density at radius 3 is 2.43 bits per heavy atom. The molecule has 2 aliphatic rings. The second-order valence-electron chi connectivity index (χ2n) is 11.7. The number of carbonyl (C=O) groups excluding carboxylic acids is 3. The van der Waals surface area contributed by atoms with Gasteiger partial charge in [0.25, 0.3) is 5.91 Å². The summed E-state index contributed by atoms with van der Waals surface area (Å²) in [6.07, 6.45) is 2.80. The molecule has 2 fully saturated rings. The van der Waals surface area contributed by atoms with Gasteiger partial charge in [-0.15, -0.1) is 0 Å². The molecule has 238 valence electrons. The molecule has 6 rings (SSSR count). The number of hydrogen-bond donors (Lipinski definition) is 1. The lowest BCUT2D eigenvalue weighted by Gasteiger charge is -2.39. The van der Waals surface area contributed by atoms with Crippen molar-refractivity contribution in [2.75, 3.05) is 37.6 Å². The van der Waals surface area contributed by atoms with Crippen molar-refractivity contribution in [1.29, 1.82) is 0 Å². The molecule has 2 aliphatic heterocycles. The molecule has 3 heterocycles.